The number of nitrogen functional groups attached to an aromatic ring is 1. The van der Waals surface area contributed by atoms with Crippen molar-refractivity contribution in [1.29, 1.82) is 0 Å². The van der Waals surface area contributed by atoms with Gasteiger partial charge in [-0.3, -0.25) is 0 Å². The summed E-state index contributed by atoms with van der Waals surface area (Å²) in [7, 11) is 0. The summed E-state index contributed by atoms with van der Waals surface area (Å²) in [6.45, 7) is 8.96. The van der Waals surface area contributed by atoms with Crippen LogP contribution in [-0.4, -0.2) is 56.8 Å². The summed E-state index contributed by atoms with van der Waals surface area (Å²) in [5.74, 6) is 0.319. The van der Waals surface area contributed by atoms with E-state index in [2.05, 4.69) is 20.3 Å². The SMILES string of the molecule is Cc1nc(Oc2c(C)c(F)c(N)c3ccccc23)c(-c2ccnc(N[C@H]3C[C@H](F)CN(C(=O)OC(C)(C)C)C3)n2)s1. The summed E-state index contributed by atoms with van der Waals surface area (Å²) in [6.07, 6.45) is -0.0191. The molecule has 216 valence electrons. The number of ether oxygens (including phenoxy) is 2. The fraction of sp³-hybridized carbons (Fsp3) is 0.379. The molecule has 0 radical (unpaired) electrons. The van der Waals surface area contributed by atoms with E-state index >= 15 is 4.39 Å². The lowest BCUT2D eigenvalue weighted by atomic mass is 10.0. The van der Waals surface area contributed by atoms with E-state index in [0.29, 0.717) is 27.1 Å². The zero-order valence-electron chi connectivity index (χ0n) is 23.5. The van der Waals surface area contributed by atoms with Gasteiger partial charge in [-0.2, -0.15) is 0 Å². The number of aromatic nitrogens is 3. The lowest BCUT2D eigenvalue weighted by molar-refractivity contribution is 0.0124. The number of nitrogens with one attached hydrogen (secondary N) is 1. The van der Waals surface area contributed by atoms with Crippen molar-refractivity contribution in [3.8, 4) is 22.2 Å². The topological polar surface area (TPSA) is 115 Å². The van der Waals surface area contributed by atoms with Crippen LogP contribution >= 0.6 is 11.3 Å². The Hall–Kier alpha value is -4.06. The summed E-state index contributed by atoms with van der Waals surface area (Å²) in [5.41, 5.74) is 6.22. The van der Waals surface area contributed by atoms with E-state index in [1.165, 1.54) is 16.2 Å². The van der Waals surface area contributed by atoms with Gasteiger partial charge in [-0.25, -0.2) is 28.5 Å². The Bertz CT molecular complexity index is 1610. The van der Waals surface area contributed by atoms with Crippen molar-refractivity contribution in [2.45, 2.75) is 58.9 Å². The fourth-order valence-corrected chi connectivity index (χ4v) is 5.58. The van der Waals surface area contributed by atoms with Gasteiger partial charge in [0.15, 0.2) is 5.82 Å². The number of fused-ring (bicyclic) bond motifs is 1. The summed E-state index contributed by atoms with van der Waals surface area (Å²) in [6, 6.07) is 8.47. The Balaban J connectivity index is 1.41. The average Bonchev–Trinajstić information content (AvgIpc) is 3.28. The molecular weight excluding hydrogens is 550 g/mol. The number of amides is 1. The Morgan fingerprint density at radius 2 is 1.88 bits per heavy atom. The first kappa shape index (κ1) is 28.5. The Morgan fingerprint density at radius 3 is 2.61 bits per heavy atom. The predicted octanol–water partition coefficient (Wildman–Crippen LogP) is 6.64. The standard InChI is InChI=1S/C29H32F2N6O3S/c1-15-22(31)23(32)19-8-6-7-9-20(19)24(15)39-26-25(41-16(2)34-26)21-10-11-33-27(36-21)35-18-12-17(30)13-37(14-18)28(38)40-29(3,4)5/h6-11,17-18H,12-14,32H2,1-5H3,(H,33,35,36)/t17-,18-/m0/s1. The van der Waals surface area contributed by atoms with Crippen LogP contribution in [0.4, 0.5) is 25.2 Å². The molecule has 1 fully saturated rings. The Morgan fingerprint density at radius 1 is 1.15 bits per heavy atom. The molecule has 2 atom stereocenters. The zero-order valence-corrected chi connectivity index (χ0v) is 24.3. The fourth-order valence-electron chi connectivity index (χ4n) is 4.76. The number of likely N-dealkylation sites (tertiary alicyclic amines) is 1. The number of halogens is 2. The third kappa shape index (κ3) is 6.17. The normalized spacial score (nSPS) is 17.5. The molecule has 0 saturated carbocycles. The van der Waals surface area contributed by atoms with E-state index in [1.54, 1.807) is 52.1 Å². The number of aryl methyl sites for hydroxylation is 1. The lowest BCUT2D eigenvalue weighted by Gasteiger charge is -2.36. The number of benzene rings is 2. The van der Waals surface area contributed by atoms with Gasteiger partial charge in [-0.1, -0.05) is 24.3 Å². The second-order valence-corrected chi connectivity index (χ2v) is 12.2. The van der Waals surface area contributed by atoms with Crippen molar-refractivity contribution in [3.63, 3.8) is 0 Å². The van der Waals surface area contributed by atoms with Crippen molar-refractivity contribution < 1.29 is 23.0 Å². The second kappa shape index (κ2) is 11.1. The molecule has 1 aliphatic heterocycles. The maximum Gasteiger partial charge on any atom is 0.410 e. The average molecular weight is 583 g/mol. The van der Waals surface area contributed by atoms with Crippen LogP contribution in [0.2, 0.25) is 0 Å². The Kier molecular flexibility index (Phi) is 7.69. The highest BCUT2D eigenvalue weighted by Gasteiger charge is 2.33. The first-order valence-electron chi connectivity index (χ1n) is 13.2. The number of carbonyl (C=O) groups is 1. The molecule has 0 aliphatic carbocycles. The minimum absolute atomic E-state index is 0.0331. The molecule has 0 unspecified atom stereocenters. The van der Waals surface area contributed by atoms with E-state index in [4.69, 9.17) is 15.2 Å². The number of nitrogens with two attached hydrogens (primary N) is 1. The number of rotatable bonds is 5. The molecular formula is C29H32F2N6O3S. The summed E-state index contributed by atoms with van der Waals surface area (Å²) in [4.78, 5) is 28.0. The number of alkyl halides is 1. The van der Waals surface area contributed by atoms with E-state index in [0.717, 1.165) is 5.01 Å². The van der Waals surface area contributed by atoms with Crippen LogP contribution in [0.3, 0.4) is 0 Å². The molecule has 0 spiro atoms. The van der Waals surface area contributed by atoms with E-state index < -0.39 is 29.7 Å². The summed E-state index contributed by atoms with van der Waals surface area (Å²) >= 11 is 1.37. The summed E-state index contributed by atoms with van der Waals surface area (Å²) < 4.78 is 41.3. The van der Waals surface area contributed by atoms with Crippen LogP contribution in [0.15, 0.2) is 36.5 Å². The van der Waals surface area contributed by atoms with Crippen molar-refractivity contribution in [2.24, 2.45) is 0 Å². The molecule has 5 rings (SSSR count). The van der Waals surface area contributed by atoms with Crippen molar-refractivity contribution in [1.82, 2.24) is 19.9 Å². The van der Waals surface area contributed by atoms with Crippen LogP contribution < -0.4 is 15.8 Å². The van der Waals surface area contributed by atoms with E-state index in [1.807, 2.05) is 19.1 Å². The van der Waals surface area contributed by atoms with Crippen LogP contribution in [0.25, 0.3) is 21.3 Å². The number of piperidine rings is 1. The molecule has 4 aromatic rings. The van der Waals surface area contributed by atoms with Crippen LogP contribution in [-0.2, 0) is 4.74 Å². The highest BCUT2D eigenvalue weighted by atomic mass is 32.1. The van der Waals surface area contributed by atoms with E-state index in [-0.39, 0.29) is 42.6 Å². The van der Waals surface area contributed by atoms with Gasteiger partial charge in [0.2, 0.25) is 11.8 Å². The van der Waals surface area contributed by atoms with Gasteiger partial charge in [-0.05, 0) is 40.7 Å². The quantitative estimate of drug-likeness (QED) is 0.252. The molecule has 3 heterocycles. The maximum atomic E-state index is 15.0. The highest BCUT2D eigenvalue weighted by molar-refractivity contribution is 7.15. The van der Waals surface area contributed by atoms with Crippen molar-refractivity contribution in [2.75, 3.05) is 24.1 Å². The number of nitrogens with zero attached hydrogens (tertiary/aromatic N) is 4. The number of thiazole rings is 1. The molecule has 1 saturated heterocycles. The lowest BCUT2D eigenvalue weighted by Crippen LogP contribution is -2.51. The first-order chi connectivity index (χ1) is 19.4. The van der Waals surface area contributed by atoms with Gasteiger partial charge in [0.25, 0.3) is 0 Å². The van der Waals surface area contributed by atoms with Crippen LogP contribution in [0.5, 0.6) is 11.6 Å². The molecule has 0 bridgehead atoms. The second-order valence-electron chi connectivity index (χ2n) is 11.0. The number of carbonyl (C=O) groups excluding carboxylic acids is 1. The number of hydrogen-bond acceptors (Lipinski definition) is 9. The van der Waals surface area contributed by atoms with Crippen LogP contribution in [0.1, 0.15) is 37.8 Å². The number of anilines is 2. The van der Waals surface area contributed by atoms with Gasteiger partial charge < -0.3 is 25.4 Å². The highest BCUT2D eigenvalue weighted by Crippen LogP contribution is 2.42. The summed E-state index contributed by atoms with van der Waals surface area (Å²) in [5, 5.41) is 5.10. The van der Waals surface area contributed by atoms with Crippen LogP contribution in [0, 0.1) is 19.7 Å². The maximum absolute atomic E-state index is 15.0. The molecule has 2 aromatic carbocycles. The number of hydrogen-bond donors (Lipinski definition) is 2. The molecule has 2 aromatic heterocycles. The van der Waals surface area contributed by atoms with Gasteiger partial charge in [0.05, 0.1) is 22.9 Å². The van der Waals surface area contributed by atoms with Gasteiger partial charge in [-0.15, -0.1) is 11.3 Å². The van der Waals surface area contributed by atoms with Gasteiger partial charge in [0.1, 0.15) is 22.4 Å². The largest absolute Gasteiger partial charge is 0.444 e. The van der Waals surface area contributed by atoms with Crippen molar-refractivity contribution in [3.05, 3.63) is 52.9 Å². The molecule has 1 aliphatic rings. The molecule has 12 heteroatoms. The molecule has 9 nitrogen and oxygen atoms in total. The molecule has 41 heavy (non-hydrogen) atoms. The monoisotopic (exact) mass is 582 g/mol. The van der Waals surface area contributed by atoms with Gasteiger partial charge >= 0.3 is 6.09 Å². The minimum atomic E-state index is -1.22. The third-order valence-electron chi connectivity index (χ3n) is 6.54. The minimum Gasteiger partial charge on any atom is -0.444 e. The van der Waals surface area contributed by atoms with Gasteiger partial charge in [0, 0.05) is 41.5 Å². The Labute approximate surface area is 240 Å². The molecule has 1 amide bonds. The molecule has 3 N–H and O–H groups in total. The first-order valence-corrected chi connectivity index (χ1v) is 14.0. The van der Waals surface area contributed by atoms with E-state index in [9.17, 15) is 9.18 Å². The smallest absolute Gasteiger partial charge is 0.410 e. The zero-order chi connectivity index (χ0) is 29.5. The predicted molar refractivity (Wildman–Crippen MR) is 156 cm³/mol. The van der Waals surface area contributed by atoms with Crippen molar-refractivity contribution >= 4 is 39.8 Å². The third-order valence-corrected chi connectivity index (χ3v) is 7.52.